The van der Waals surface area contributed by atoms with Crippen molar-refractivity contribution in [1.82, 2.24) is 5.32 Å². The lowest BCUT2D eigenvalue weighted by Crippen LogP contribution is -2.42. The summed E-state index contributed by atoms with van der Waals surface area (Å²) in [5.41, 5.74) is 6.29. The lowest BCUT2D eigenvalue weighted by atomic mass is 10.0. The maximum Gasteiger partial charge on any atom is 0.387 e. The molecule has 0 aliphatic rings. The van der Waals surface area contributed by atoms with Gasteiger partial charge in [-0.05, 0) is 25.3 Å². The smallest absolute Gasteiger partial charge is 0.387 e. The molecule has 1 amide bonds. The number of hydrogen-bond acceptors (Lipinski definition) is 3. The fourth-order valence-electron chi connectivity index (χ4n) is 2.05. The Balaban J connectivity index is 2.75. The van der Waals surface area contributed by atoms with Crippen LogP contribution >= 0.6 is 0 Å². The minimum absolute atomic E-state index is 0.0535. The van der Waals surface area contributed by atoms with E-state index in [1.165, 1.54) is 6.07 Å². The Morgan fingerprint density at radius 2 is 1.90 bits per heavy atom. The average molecular weight is 300 g/mol. The molecule has 0 aromatic heterocycles. The van der Waals surface area contributed by atoms with Crippen molar-refractivity contribution in [3.8, 4) is 5.75 Å². The van der Waals surface area contributed by atoms with Crippen molar-refractivity contribution in [2.24, 2.45) is 11.7 Å². The first-order chi connectivity index (χ1) is 9.81. The van der Waals surface area contributed by atoms with Crippen molar-refractivity contribution in [2.45, 2.75) is 45.9 Å². The van der Waals surface area contributed by atoms with Gasteiger partial charge in [0.25, 0.3) is 0 Å². The summed E-state index contributed by atoms with van der Waals surface area (Å²) in [6, 6.07) is 5.29. The number of alkyl halides is 2. The number of para-hydroxylation sites is 1. The molecule has 1 unspecified atom stereocenters. The number of nitrogens with two attached hydrogens (primary N) is 1. The Bertz CT molecular complexity index is 467. The SMILES string of the molecule is CC(C)C[C@@H](N)C(=O)NC(C)c1ccccc1OC(F)F. The number of halogens is 2. The van der Waals surface area contributed by atoms with Gasteiger partial charge in [0.1, 0.15) is 5.75 Å². The van der Waals surface area contributed by atoms with E-state index in [-0.39, 0.29) is 11.7 Å². The molecule has 118 valence electrons. The minimum Gasteiger partial charge on any atom is -0.434 e. The van der Waals surface area contributed by atoms with Gasteiger partial charge in [0.2, 0.25) is 5.91 Å². The zero-order chi connectivity index (χ0) is 16.0. The zero-order valence-electron chi connectivity index (χ0n) is 12.5. The maximum absolute atomic E-state index is 12.4. The van der Waals surface area contributed by atoms with Crippen LogP contribution in [-0.2, 0) is 4.79 Å². The number of benzene rings is 1. The number of carbonyl (C=O) groups is 1. The first kappa shape index (κ1) is 17.4. The Hall–Kier alpha value is -1.69. The monoisotopic (exact) mass is 300 g/mol. The van der Waals surface area contributed by atoms with Crippen LogP contribution in [0.4, 0.5) is 8.78 Å². The van der Waals surface area contributed by atoms with E-state index >= 15 is 0 Å². The van der Waals surface area contributed by atoms with Gasteiger partial charge < -0.3 is 15.8 Å². The molecule has 3 N–H and O–H groups in total. The molecule has 6 heteroatoms. The van der Waals surface area contributed by atoms with E-state index in [2.05, 4.69) is 10.1 Å². The summed E-state index contributed by atoms with van der Waals surface area (Å²) in [4.78, 5) is 12.0. The number of hydrogen-bond donors (Lipinski definition) is 2. The highest BCUT2D eigenvalue weighted by Crippen LogP contribution is 2.26. The van der Waals surface area contributed by atoms with Crippen LogP contribution in [0.15, 0.2) is 24.3 Å². The summed E-state index contributed by atoms with van der Waals surface area (Å²) in [7, 11) is 0. The number of nitrogens with one attached hydrogen (secondary N) is 1. The molecule has 21 heavy (non-hydrogen) atoms. The van der Waals surface area contributed by atoms with Crippen LogP contribution in [0.2, 0.25) is 0 Å². The van der Waals surface area contributed by atoms with Crippen molar-refractivity contribution in [3.05, 3.63) is 29.8 Å². The molecule has 4 nitrogen and oxygen atoms in total. The van der Waals surface area contributed by atoms with Crippen molar-refractivity contribution >= 4 is 5.91 Å². The van der Waals surface area contributed by atoms with Crippen LogP contribution in [0.3, 0.4) is 0 Å². The molecule has 0 aliphatic heterocycles. The topological polar surface area (TPSA) is 64.4 Å². The Kier molecular flexibility index (Phi) is 6.55. The highest BCUT2D eigenvalue weighted by Gasteiger charge is 2.20. The molecule has 2 atom stereocenters. The summed E-state index contributed by atoms with van der Waals surface area (Å²) in [6.45, 7) is 2.75. The number of amides is 1. The second kappa shape index (κ2) is 7.93. The molecule has 1 rings (SSSR count). The summed E-state index contributed by atoms with van der Waals surface area (Å²) >= 11 is 0. The number of ether oxygens (including phenoxy) is 1. The van der Waals surface area contributed by atoms with Gasteiger partial charge in [-0.15, -0.1) is 0 Å². The molecule has 1 aromatic rings. The third-order valence-electron chi connectivity index (χ3n) is 3.02. The van der Waals surface area contributed by atoms with Crippen molar-refractivity contribution in [1.29, 1.82) is 0 Å². The first-order valence-corrected chi connectivity index (χ1v) is 6.91. The largest absolute Gasteiger partial charge is 0.434 e. The first-order valence-electron chi connectivity index (χ1n) is 6.91. The fraction of sp³-hybridized carbons (Fsp3) is 0.533. The maximum atomic E-state index is 12.4. The molecule has 0 saturated heterocycles. The molecule has 0 fully saturated rings. The van der Waals surface area contributed by atoms with Crippen molar-refractivity contribution in [2.75, 3.05) is 0 Å². The molecular weight excluding hydrogens is 278 g/mol. The molecule has 0 bridgehead atoms. The highest BCUT2D eigenvalue weighted by atomic mass is 19.3. The predicted octanol–water partition coefficient (Wildman–Crippen LogP) is 2.84. The molecule has 0 radical (unpaired) electrons. The van der Waals surface area contributed by atoms with Gasteiger partial charge in [-0.1, -0.05) is 32.0 Å². The van der Waals surface area contributed by atoms with E-state index in [1.54, 1.807) is 25.1 Å². The Morgan fingerprint density at radius 1 is 1.29 bits per heavy atom. The lowest BCUT2D eigenvalue weighted by Gasteiger charge is -2.21. The average Bonchev–Trinajstić information content (AvgIpc) is 2.37. The Labute approximate surface area is 123 Å². The standard InChI is InChI=1S/C15H22F2N2O2/c1-9(2)8-12(18)14(20)19-10(3)11-6-4-5-7-13(11)21-15(16)17/h4-7,9-10,12,15H,8,18H2,1-3H3,(H,19,20)/t10?,12-/m1/s1. The second-order valence-corrected chi connectivity index (χ2v) is 5.38. The Morgan fingerprint density at radius 3 is 2.48 bits per heavy atom. The molecule has 0 spiro atoms. The van der Waals surface area contributed by atoms with E-state index in [4.69, 9.17) is 5.73 Å². The van der Waals surface area contributed by atoms with Crippen LogP contribution in [-0.4, -0.2) is 18.6 Å². The molecule has 0 heterocycles. The van der Waals surface area contributed by atoms with Crippen molar-refractivity contribution in [3.63, 3.8) is 0 Å². The zero-order valence-corrected chi connectivity index (χ0v) is 12.5. The second-order valence-electron chi connectivity index (χ2n) is 5.38. The van der Waals surface area contributed by atoms with Gasteiger partial charge in [0, 0.05) is 5.56 Å². The van der Waals surface area contributed by atoms with Gasteiger partial charge >= 0.3 is 6.61 Å². The van der Waals surface area contributed by atoms with Crippen molar-refractivity contribution < 1.29 is 18.3 Å². The van der Waals surface area contributed by atoms with Crippen LogP contribution in [0.25, 0.3) is 0 Å². The summed E-state index contributed by atoms with van der Waals surface area (Å²) in [5.74, 6) is 0.0521. The minimum atomic E-state index is -2.91. The fourth-order valence-corrected chi connectivity index (χ4v) is 2.05. The van der Waals surface area contributed by atoms with Gasteiger partial charge in [-0.2, -0.15) is 8.78 Å². The van der Waals surface area contributed by atoms with Gasteiger partial charge in [0.15, 0.2) is 0 Å². The third-order valence-corrected chi connectivity index (χ3v) is 3.02. The molecular formula is C15H22F2N2O2. The van der Waals surface area contributed by atoms with Crippen LogP contribution < -0.4 is 15.8 Å². The summed E-state index contributed by atoms with van der Waals surface area (Å²) in [5, 5.41) is 2.73. The predicted molar refractivity (Wildman–Crippen MR) is 77.1 cm³/mol. The van der Waals surface area contributed by atoms with Gasteiger partial charge in [-0.3, -0.25) is 4.79 Å². The summed E-state index contributed by atoms with van der Waals surface area (Å²) in [6.07, 6.45) is 0.563. The van der Waals surface area contributed by atoms with E-state index in [0.717, 1.165) is 0 Å². The van der Waals surface area contributed by atoms with Crippen LogP contribution in [0, 0.1) is 5.92 Å². The van der Waals surface area contributed by atoms with E-state index in [0.29, 0.717) is 17.9 Å². The van der Waals surface area contributed by atoms with E-state index < -0.39 is 18.7 Å². The van der Waals surface area contributed by atoms with Crippen LogP contribution in [0.5, 0.6) is 5.75 Å². The van der Waals surface area contributed by atoms with Gasteiger partial charge in [0.05, 0.1) is 12.1 Å². The molecule has 0 aliphatic carbocycles. The third kappa shape index (κ3) is 5.67. The lowest BCUT2D eigenvalue weighted by molar-refractivity contribution is -0.123. The van der Waals surface area contributed by atoms with Crippen LogP contribution in [0.1, 0.15) is 38.8 Å². The van der Waals surface area contributed by atoms with E-state index in [9.17, 15) is 13.6 Å². The molecule has 0 saturated carbocycles. The number of carbonyl (C=O) groups excluding carboxylic acids is 1. The number of rotatable bonds is 7. The van der Waals surface area contributed by atoms with Gasteiger partial charge in [-0.25, -0.2) is 0 Å². The molecule has 1 aromatic carbocycles. The quantitative estimate of drug-likeness (QED) is 0.814. The highest BCUT2D eigenvalue weighted by molar-refractivity contribution is 5.81. The normalized spacial score (nSPS) is 14.1. The summed E-state index contributed by atoms with van der Waals surface area (Å²) < 4.78 is 29.2. The van der Waals surface area contributed by atoms with E-state index in [1.807, 2.05) is 13.8 Å².